The van der Waals surface area contributed by atoms with Gasteiger partial charge in [-0.1, -0.05) is 29.0 Å². The van der Waals surface area contributed by atoms with Crippen molar-refractivity contribution in [3.63, 3.8) is 0 Å². The lowest BCUT2D eigenvalue weighted by Crippen LogP contribution is -2.43. The number of methoxy groups -OCH3 is 2. The molecule has 0 bridgehead atoms. The largest absolute Gasteiger partial charge is 0.496 e. The molecule has 30 heavy (non-hydrogen) atoms. The Kier molecular flexibility index (Phi) is 5.97. The third-order valence-electron chi connectivity index (χ3n) is 5.14. The number of nitrogens with zero attached hydrogens (tertiary/aromatic N) is 1. The number of hydrogen-bond acceptors (Lipinski definition) is 6. The van der Waals surface area contributed by atoms with Crippen LogP contribution in [0, 0.1) is 0 Å². The van der Waals surface area contributed by atoms with Crippen molar-refractivity contribution in [2.24, 2.45) is 0 Å². The lowest BCUT2D eigenvalue weighted by molar-refractivity contribution is 0.0928. The van der Waals surface area contributed by atoms with Gasteiger partial charge in [0, 0.05) is 17.9 Å². The minimum atomic E-state index is -1.02. The van der Waals surface area contributed by atoms with E-state index in [1.807, 2.05) is 12.1 Å². The molecule has 3 atom stereocenters. The van der Waals surface area contributed by atoms with E-state index in [-0.39, 0.29) is 30.4 Å². The fraction of sp³-hybridized carbons (Fsp3) is 0.333. The molecule has 2 N–H and O–H groups in total. The Balaban J connectivity index is 1.54. The number of carbonyl (C=O) groups is 1. The average Bonchev–Trinajstić information content (AvgIpc) is 3.28. The number of anilines is 1. The van der Waals surface area contributed by atoms with Crippen LogP contribution in [0.2, 0.25) is 5.02 Å². The highest BCUT2D eigenvalue weighted by atomic mass is 35.5. The van der Waals surface area contributed by atoms with Gasteiger partial charge in [0.05, 0.1) is 36.5 Å². The lowest BCUT2D eigenvalue weighted by Gasteiger charge is -2.22. The third-order valence-corrected chi connectivity index (χ3v) is 6.32. The molecule has 1 aliphatic carbocycles. The summed E-state index contributed by atoms with van der Waals surface area (Å²) < 4.78 is 25.8. The van der Waals surface area contributed by atoms with Crippen LogP contribution in [0.1, 0.15) is 23.2 Å². The first-order valence-corrected chi connectivity index (χ1v) is 10.7. The third kappa shape index (κ3) is 4.15. The van der Waals surface area contributed by atoms with E-state index >= 15 is 0 Å². The van der Waals surface area contributed by atoms with Crippen LogP contribution in [0.3, 0.4) is 0 Å². The van der Waals surface area contributed by atoms with Crippen molar-refractivity contribution < 1.29 is 18.7 Å². The van der Waals surface area contributed by atoms with Gasteiger partial charge in [0.2, 0.25) is 0 Å². The topological polar surface area (TPSA) is 72.5 Å². The molecule has 1 aromatic heterocycles. The number of benzene rings is 2. The number of rotatable bonds is 6. The van der Waals surface area contributed by atoms with Crippen LogP contribution in [0.15, 0.2) is 36.4 Å². The van der Waals surface area contributed by atoms with E-state index in [1.54, 1.807) is 24.3 Å². The number of carbonyl (C=O) groups excluding carboxylic acids is 1. The second-order valence-electron chi connectivity index (χ2n) is 7.07. The molecule has 1 amide bonds. The molecule has 0 spiro atoms. The van der Waals surface area contributed by atoms with Crippen molar-refractivity contribution in [3.8, 4) is 11.5 Å². The number of amides is 1. The minimum Gasteiger partial charge on any atom is -0.496 e. The van der Waals surface area contributed by atoms with Crippen LogP contribution in [-0.4, -0.2) is 43.4 Å². The molecule has 158 valence electrons. The molecular weight excluding hydrogens is 429 g/mol. The zero-order valence-electron chi connectivity index (χ0n) is 16.4. The van der Waals surface area contributed by atoms with Crippen molar-refractivity contribution >= 4 is 44.2 Å². The summed E-state index contributed by atoms with van der Waals surface area (Å²) >= 11 is 7.49. The van der Waals surface area contributed by atoms with E-state index in [9.17, 15) is 9.18 Å². The molecule has 1 fully saturated rings. The van der Waals surface area contributed by atoms with Gasteiger partial charge in [0.15, 0.2) is 5.13 Å². The summed E-state index contributed by atoms with van der Waals surface area (Å²) in [4.78, 5) is 17.5. The first-order valence-electron chi connectivity index (χ1n) is 9.47. The molecule has 0 radical (unpaired) electrons. The number of fused-ring (bicyclic) bond motifs is 1. The van der Waals surface area contributed by atoms with Crippen LogP contribution in [-0.2, 0) is 0 Å². The molecular formula is C21H21ClFN3O3S. The number of alkyl halides is 1. The zero-order chi connectivity index (χ0) is 21.3. The van der Waals surface area contributed by atoms with Crippen molar-refractivity contribution in [1.29, 1.82) is 0 Å². The number of thiazole rings is 1. The summed E-state index contributed by atoms with van der Waals surface area (Å²) in [7, 11) is 2.98. The quantitative estimate of drug-likeness (QED) is 0.571. The van der Waals surface area contributed by atoms with Gasteiger partial charge in [0.25, 0.3) is 5.91 Å². The Labute approximate surface area is 182 Å². The maximum absolute atomic E-state index is 14.3. The molecule has 1 heterocycles. The first-order chi connectivity index (χ1) is 14.5. The number of nitrogens with one attached hydrogen (secondary N) is 2. The van der Waals surface area contributed by atoms with E-state index in [0.717, 1.165) is 10.2 Å². The Morgan fingerprint density at radius 3 is 2.57 bits per heavy atom. The first kappa shape index (κ1) is 20.7. The van der Waals surface area contributed by atoms with Crippen molar-refractivity contribution in [1.82, 2.24) is 10.3 Å². The Hall–Kier alpha value is -2.58. The van der Waals surface area contributed by atoms with Crippen LogP contribution < -0.4 is 20.1 Å². The van der Waals surface area contributed by atoms with Gasteiger partial charge in [-0.15, -0.1) is 0 Å². The number of halogens is 2. The zero-order valence-corrected chi connectivity index (χ0v) is 18.0. The van der Waals surface area contributed by atoms with Crippen molar-refractivity contribution in [2.75, 3.05) is 19.5 Å². The van der Waals surface area contributed by atoms with Gasteiger partial charge in [0.1, 0.15) is 23.2 Å². The van der Waals surface area contributed by atoms with E-state index in [2.05, 4.69) is 15.6 Å². The Morgan fingerprint density at radius 1 is 1.17 bits per heavy atom. The SMILES string of the molecule is COc1cccc(OC)c1C(=O)N[C@@H]1CC(F)C[C@H]1Nc1nc2ccc(Cl)cc2s1. The summed E-state index contributed by atoms with van der Waals surface area (Å²) in [6.07, 6.45) is -0.515. The monoisotopic (exact) mass is 449 g/mol. The van der Waals surface area contributed by atoms with Crippen LogP contribution in [0.25, 0.3) is 10.2 Å². The summed E-state index contributed by atoms with van der Waals surface area (Å²) in [6, 6.07) is 9.89. The van der Waals surface area contributed by atoms with Gasteiger partial charge in [-0.3, -0.25) is 4.79 Å². The summed E-state index contributed by atoms with van der Waals surface area (Å²) in [6.45, 7) is 0. The highest BCUT2D eigenvalue weighted by molar-refractivity contribution is 7.22. The summed E-state index contributed by atoms with van der Waals surface area (Å²) in [5, 5.41) is 7.54. The normalized spacial score (nSPS) is 20.9. The maximum atomic E-state index is 14.3. The maximum Gasteiger partial charge on any atom is 0.259 e. The molecule has 9 heteroatoms. The molecule has 0 aliphatic heterocycles. The van der Waals surface area contributed by atoms with Gasteiger partial charge < -0.3 is 20.1 Å². The molecule has 6 nitrogen and oxygen atoms in total. The lowest BCUT2D eigenvalue weighted by atomic mass is 10.1. The van der Waals surface area contributed by atoms with Crippen molar-refractivity contribution in [2.45, 2.75) is 31.1 Å². The smallest absolute Gasteiger partial charge is 0.259 e. The van der Waals surface area contributed by atoms with Crippen LogP contribution in [0.5, 0.6) is 11.5 Å². The van der Waals surface area contributed by atoms with E-state index in [4.69, 9.17) is 21.1 Å². The molecule has 3 aromatic rings. The molecule has 4 rings (SSSR count). The predicted octanol–water partition coefficient (Wildman–Crippen LogP) is 4.68. The van der Waals surface area contributed by atoms with Crippen LogP contribution >= 0.6 is 22.9 Å². The molecule has 1 saturated carbocycles. The van der Waals surface area contributed by atoms with Gasteiger partial charge in [-0.2, -0.15) is 0 Å². The summed E-state index contributed by atoms with van der Waals surface area (Å²) in [5.41, 5.74) is 1.11. The predicted molar refractivity (Wildman–Crippen MR) is 117 cm³/mol. The highest BCUT2D eigenvalue weighted by Crippen LogP contribution is 2.33. The molecule has 1 unspecified atom stereocenters. The Bertz CT molecular complexity index is 1050. The van der Waals surface area contributed by atoms with Gasteiger partial charge in [-0.25, -0.2) is 9.37 Å². The number of hydrogen-bond donors (Lipinski definition) is 2. The van der Waals surface area contributed by atoms with Gasteiger partial charge in [-0.05, 0) is 30.3 Å². The minimum absolute atomic E-state index is 0.220. The average molecular weight is 450 g/mol. The standard InChI is InChI=1S/C21H21ClFN3O3S/c1-28-16-4-3-5-17(29-2)19(16)20(27)24-14-9-12(23)10-15(14)26-21-25-13-7-6-11(22)8-18(13)30-21/h3-8,12,14-15H,9-10H2,1-2H3,(H,24,27)(H,25,26)/t12?,14-,15-/m1/s1. The number of aromatic nitrogens is 1. The fourth-order valence-electron chi connectivity index (χ4n) is 3.73. The Morgan fingerprint density at radius 2 is 1.87 bits per heavy atom. The molecule has 0 saturated heterocycles. The summed E-state index contributed by atoms with van der Waals surface area (Å²) in [5.74, 6) is 0.426. The van der Waals surface area contributed by atoms with Gasteiger partial charge >= 0.3 is 0 Å². The second-order valence-corrected chi connectivity index (χ2v) is 8.54. The van der Waals surface area contributed by atoms with E-state index in [1.165, 1.54) is 25.6 Å². The highest BCUT2D eigenvalue weighted by Gasteiger charge is 2.37. The fourth-order valence-corrected chi connectivity index (χ4v) is 4.93. The van der Waals surface area contributed by atoms with Crippen molar-refractivity contribution in [3.05, 3.63) is 47.0 Å². The molecule has 1 aliphatic rings. The molecule has 2 aromatic carbocycles. The van der Waals surface area contributed by atoms with E-state index in [0.29, 0.717) is 21.7 Å². The number of ether oxygens (including phenoxy) is 2. The van der Waals surface area contributed by atoms with Crippen LogP contribution in [0.4, 0.5) is 9.52 Å². The van der Waals surface area contributed by atoms with E-state index < -0.39 is 12.2 Å². The second kappa shape index (κ2) is 8.65.